The number of esters is 2. The Labute approximate surface area is 149 Å². The molecule has 0 aromatic heterocycles. The average molecular weight is 384 g/mol. The van der Waals surface area contributed by atoms with Gasteiger partial charge in [-0.25, -0.2) is 18.0 Å². The van der Waals surface area contributed by atoms with E-state index in [1.807, 2.05) is 0 Å². The maximum Gasteiger partial charge on any atom is 0.339 e. The zero-order valence-electron chi connectivity index (χ0n) is 13.3. The van der Waals surface area contributed by atoms with Crippen molar-refractivity contribution in [3.63, 3.8) is 0 Å². The fraction of sp³-hybridized carbons (Fsp3) is 0.125. The van der Waals surface area contributed by atoms with Gasteiger partial charge in [0.1, 0.15) is 0 Å². The fourth-order valence-corrected chi connectivity index (χ4v) is 3.18. The zero-order chi connectivity index (χ0) is 18.6. The van der Waals surface area contributed by atoms with Gasteiger partial charge in [-0.2, -0.15) is 0 Å². The van der Waals surface area contributed by atoms with Crippen molar-refractivity contribution in [1.29, 1.82) is 0 Å². The summed E-state index contributed by atoms with van der Waals surface area (Å²) < 4.78 is 36.5. The number of hydrogen-bond donors (Lipinski definition) is 1. The molecule has 0 fully saturated rings. The van der Waals surface area contributed by atoms with Crippen LogP contribution in [0.5, 0.6) is 0 Å². The summed E-state index contributed by atoms with van der Waals surface area (Å²) in [6.45, 7) is 0. The summed E-state index contributed by atoms with van der Waals surface area (Å²) in [5.74, 6) is -1.44. The summed E-state index contributed by atoms with van der Waals surface area (Å²) in [7, 11) is -1.66. The molecule has 0 spiro atoms. The molecular weight excluding hydrogens is 370 g/mol. The van der Waals surface area contributed by atoms with Crippen LogP contribution < -0.4 is 4.72 Å². The first kappa shape index (κ1) is 18.8. The highest BCUT2D eigenvalue weighted by Gasteiger charge is 2.21. The van der Waals surface area contributed by atoms with E-state index in [0.717, 1.165) is 7.11 Å². The molecule has 0 aliphatic rings. The van der Waals surface area contributed by atoms with Gasteiger partial charge in [-0.1, -0.05) is 11.6 Å². The molecule has 0 heterocycles. The predicted octanol–water partition coefficient (Wildman–Crippen LogP) is 2.71. The number of sulfonamides is 1. The number of benzene rings is 2. The Morgan fingerprint density at radius 2 is 1.56 bits per heavy atom. The van der Waals surface area contributed by atoms with Gasteiger partial charge in [-0.15, -0.1) is 0 Å². The largest absolute Gasteiger partial charge is 0.465 e. The van der Waals surface area contributed by atoms with Crippen LogP contribution in [0.3, 0.4) is 0 Å². The SMILES string of the molecule is COC(=O)c1ccc(C(=O)OC)c(NS(=O)(=O)c2ccc(Cl)cc2)c1. The molecule has 0 atom stereocenters. The van der Waals surface area contributed by atoms with E-state index in [1.54, 1.807) is 0 Å². The van der Waals surface area contributed by atoms with Gasteiger partial charge in [0, 0.05) is 5.02 Å². The van der Waals surface area contributed by atoms with Gasteiger partial charge in [0.2, 0.25) is 0 Å². The molecule has 0 unspecified atom stereocenters. The summed E-state index contributed by atoms with van der Waals surface area (Å²) >= 11 is 5.75. The molecule has 0 aliphatic carbocycles. The molecule has 0 saturated heterocycles. The standard InChI is InChI=1S/C16H14ClNO6S/c1-23-15(19)10-3-8-13(16(20)24-2)14(9-10)18-25(21,22)12-6-4-11(17)5-7-12/h3-9,18H,1-2H3. The van der Waals surface area contributed by atoms with Crippen molar-refractivity contribution >= 4 is 39.3 Å². The van der Waals surface area contributed by atoms with Gasteiger partial charge in [0.15, 0.2) is 0 Å². The molecule has 2 rings (SSSR count). The van der Waals surface area contributed by atoms with Gasteiger partial charge in [0.25, 0.3) is 10.0 Å². The Kier molecular flexibility index (Phi) is 5.66. The van der Waals surface area contributed by atoms with E-state index >= 15 is 0 Å². The van der Waals surface area contributed by atoms with Gasteiger partial charge >= 0.3 is 11.9 Å². The van der Waals surface area contributed by atoms with Crippen molar-refractivity contribution in [3.8, 4) is 0 Å². The van der Waals surface area contributed by atoms with Crippen molar-refractivity contribution in [2.45, 2.75) is 4.90 Å². The van der Waals surface area contributed by atoms with Gasteiger partial charge in [-0.3, -0.25) is 4.72 Å². The van der Waals surface area contributed by atoms with E-state index in [9.17, 15) is 18.0 Å². The number of rotatable bonds is 5. The quantitative estimate of drug-likeness (QED) is 0.797. The second-order valence-corrected chi connectivity index (χ2v) is 6.92. The van der Waals surface area contributed by atoms with E-state index in [1.165, 1.54) is 49.6 Å². The van der Waals surface area contributed by atoms with Crippen molar-refractivity contribution in [1.82, 2.24) is 0 Å². The van der Waals surface area contributed by atoms with E-state index in [4.69, 9.17) is 11.6 Å². The van der Waals surface area contributed by atoms with Crippen LogP contribution in [0.25, 0.3) is 0 Å². The molecule has 25 heavy (non-hydrogen) atoms. The number of hydrogen-bond acceptors (Lipinski definition) is 6. The number of methoxy groups -OCH3 is 2. The number of halogens is 1. The lowest BCUT2D eigenvalue weighted by Crippen LogP contribution is -2.17. The molecule has 0 amide bonds. The number of ether oxygens (including phenoxy) is 2. The molecule has 0 aliphatic heterocycles. The van der Waals surface area contributed by atoms with E-state index in [-0.39, 0.29) is 21.7 Å². The molecule has 2 aromatic rings. The van der Waals surface area contributed by atoms with Crippen LogP contribution in [0.1, 0.15) is 20.7 Å². The topological polar surface area (TPSA) is 98.8 Å². The smallest absolute Gasteiger partial charge is 0.339 e. The molecule has 0 saturated carbocycles. The lowest BCUT2D eigenvalue weighted by Gasteiger charge is -2.13. The average Bonchev–Trinajstić information content (AvgIpc) is 2.60. The third-order valence-electron chi connectivity index (χ3n) is 3.21. The Bertz CT molecular complexity index is 909. The minimum absolute atomic E-state index is 0.0484. The molecule has 9 heteroatoms. The first-order valence-electron chi connectivity index (χ1n) is 6.87. The number of carbonyl (C=O) groups is 2. The van der Waals surface area contributed by atoms with Crippen LogP contribution in [0.15, 0.2) is 47.4 Å². The maximum absolute atomic E-state index is 12.5. The Morgan fingerprint density at radius 3 is 2.12 bits per heavy atom. The second kappa shape index (κ2) is 7.54. The highest BCUT2D eigenvalue weighted by molar-refractivity contribution is 7.92. The first-order chi connectivity index (χ1) is 11.8. The minimum Gasteiger partial charge on any atom is -0.465 e. The molecule has 0 radical (unpaired) electrons. The van der Waals surface area contributed by atoms with Crippen molar-refractivity contribution in [3.05, 3.63) is 58.6 Å². The van der Waals surface area contributed by atoms with E-state index in [2.05, 4.69) is 14.2 Å². The normalized spacial score (nSPS) is 10.8. The van der Waals surface area contributed by atoms with Crippen LogP contribution in [0.4, 0.5) is 5.69 Å². The van der Waals surface area contributed by atoms with Gasteiger partial charge < -0.3 is 9.47 Å². The molecule has 0 bridgehead atoms. The van der Waals surface area contributed by atoms with E-state index in [0.29, 0.717) is 5.02 Å². The Balaban J connectivity index is 2.49. The minimum atomic E-state index is -4.01. The van der Waals surface area contributed by atoms with Gasteiger partial charge in [-0.05, 0) is 42.5 Å². The fourth-order valence-electron chi connectivity index (χ4n) is 1.98. The van der Waals surface area contributed by atoms with Crippen molar-refractivity contribution in [2.24, 2.45) is 0 Å². The molecule has 2 aromatic carbocycles. The summed E-state index contributed by atoms with van der Waals surface area (Å²) in [5, 5.41) is 0.377. The first-order valence-corrected chi connectivity index (χ1v) is 8.73. The highest BCUT2D eigenvalue weighted by atomic mass is 35.5. The second-order valence-electron chi connectivity index (χ2n) is 4.80. The van der Waals surface area contributed by atoms with Crippen LogP contribution in [-0.4, -0.2) is 34.6 Å². The molecular formula is C16H14ClNO6S. The molecule has 132 valence electrons. The lowest BCUT2D eigenvalue weighted by atomic mass is 10.1. The summed E-state index contributed by atoms with van der Waals surface area (Å²) in [6.07, 6.45) is 0. The third kappa shape index (κ3) is 4.28. The third-order valence-corrected chi connectivity index (χ3v) is 4.85. The molecule has 1 N–H and O–H groups in total. The summed E-state index contributed by atoms with van der Waals surface area (Å²) in [6, 6.07) is 9.27. The number of anilines is 1. The highest BCUT2D eigenvalue weighted by Crippen LogP contribution is 2.24. The van der Waals surface area contributed by atoms with Crippen LogP contribution in [0.2, 0.25) is 5.02 Å². The predicted molar refractivity (Wildman–Crippen MR) is 91.4 cm³/mol. The van der Waals surface area contributed by atoms with Crippen molar-refractivity contribution < 1.29 is 27.5 Å². The van der Waals surface area contributed by atoms with E-state index < -0.39 is 22.0 Å². The van der Waals surface area contributed by atoms with Gasteiger partial charge in [0.05, 0.1) is 35.9 Å². The lowest BCUT2D eigenvalue weighted by molar-refractivity contribution is 0.0587. The zero-order valence-corrected chi connectivity index (χ0v) is 14.8. The summed E-state index contributed by atoms with van der Waals surface area (Å²) in [4.78, 5) is 23.5. The number of carbonyl (C=O) groups excluding carboxylic acids is 2. The van der Waals surface area contributed by atoms with Crippen LogP contribution in [0, 0.1) is 0 Å². The Morgan fingerprint density at radius 1 is 0.960 bits per heavy atom. The monoisotopic (exact) mass is 383 g/mol. The maximum atomic E-state index is 12.5. The number of nitrogens with one attached hydrogen (secondary N) is 1. The summed E-state index contributed by atoms with van der Waals surface area (Å²) in [5.41, 5.74) is -0.0821. The van der Waals surface area contributed by atoms with Crippen LogP contribution in [-0.2, 0) is 19.5 Å². The molecule has 7 nitrogen and oxygen atoms in total. The Hall–Kier alpha value is -2.58. The van der Waals surface area contributed by atoms with Crippen LogP contribution >= 0.6 is 11.6 Å². The van der Waals surface area contributed by atoms with Crippen molar-refractivity contribution in [2.75, 3.05) is 18.9 Å².